The van der Waals surface area contributed by atoms with E-state index in [1.165, 1.54) is 0 Å². The molecule has 1 fully saturated rings. The molecule has 0 aromatic carbocycles. The third kappa shape index (κ3) is 2.40. The van der Waals surface area contributed by atoms with Gasteiger partial charge in [0, 0.05) is 11.7 Å². The Morgan fingerprint density at radius 1 is 1.44 bits per heavy atom. The number of pyridine rings is 1. The van der Waals surface area contributed by atoms with Crippen LogP contribution in [0, 0.1) is 0 Å². The van der Waals surface area contributed by atoms with Gasteiger partial charge in [-0.1, -0.05) is 11.6 Å². The van der Waals surface area contributed by atoms with E-state index in [0.717, 1.165) is 25.1 Å². The van der Waals surface area contributed by atoms with Crippen molar-refractivity contribution in [2.75, 3.05) is 5.32 Å². The van der Waals surface area contributed by atoms with E-state index in [1.54, 1.807) is 0 Å². The molecule has 1 aromatic rings. The van der Waals surface area contributed by atoms with Crippen LogP contribution in [0.5, 0.6) is 0 Å². The second-order valence-corrected chi connectivity index (χ2v) is 4.65. The summed E-state index contributed by atoms with van der Waals surface area (Å²) in [6.45, 7) is 1.97. The normalized spacial score (nSPS) is 18.3. The van der Waals surface area contributed by atoms with Crippen molar-refractivity contribution in [2.24, 2.45) is 0 Å². The van der Waals surface area contributed by atoms with E-state index in [0.29, 0.717) is 5.82 Å². The number of alkyl halides is 3. The minimum absolute atomic E-state index is 0.00273. The maximum Gasteiger partial charge on any atom is 0.417 e. The number of hydrogen-bond donors (Lipinski definition) is 1. The van der Waals surface area contributed by atoms with Gasteiger partial charge < -0.3 is 5.32 Å². The van der Waals surface area contributed by atoms with E-state index < -0.39 is 11.7 Å². The summed E-state index contributed by atoms with van der Waals surface area (Å²) >= 11 is 5.74. The first-order valence-corrected chi connectivity index (χ1v) is 5.19. The Morgan fingerprint density at radius 2 is 2.06 bits per heavy atom. The molecule has 88 valence electrons. The minimum atomic E-state index is -4.40. The highest BCUT2D eigenvalue weighted by atomic mass is 35.5. The summed E-state index contributed by atoms with van der Waals surface area (Å²) in [7, 11) is 0. The molecule has 6 heteroatoms. The molecular weight excluding hydrogens is 241 g/mol. The number of nitrogens with one attached hydrogen (secondary N) is 1. The average molecular weight is 251 g/mol. The van der Waals surface area contributed by atoms with Gasteiger partial charge in [0.2, 0.25) is 0 Å². The Balaban J connectivity index is 2.23. The highest BCUT2D eigenvalue weighted by molar-refractivity contribution is 6.33. The molecule has 0 bridgehead atoms. The Labute approximate surface area is 95.8 Å². The van der Waals surface area contributed by atoms with Crippen molar-refractivity contribution in [2.45, 2.75) is 31.5 Å². The lowest BCUT2D eigenvalue weighted by Crippen LogP contribution is -2.17. The van der Waals surface area contributed by atoms with E-state index in [-0.39, 0.29) is 10.6 Å². The summed E-state index contributed by atoms with van der Waals surface area (Å²) in [4.78, 5) is 3.71. The SMILES string of the molecule is CC1(Nc2ncc(C(F)(F)F)cc2Cl)CC1. The van der Waals surface area contributed by atoms with E-state index >= 15 is 0 Å². The van der Waals surface area contributed by atoms with Gasteiger partial charge in [-0.05, 0) is 25.8 Å². The van der Waals surface area contributed by atoms with E-state index in [9.17, 15) is 13.2 Å². The Bertz CT molecular complexity index is 413. The van der Waals surface area contributed by atoms with E-state index in [2.05, 4.69) is 10.3 Å². The molecule has 0 radical (unpaired) electrons. The number of hydrogen-bond acceptors (Lipinski definition) is 2. The fourth-order valence-corrected chi connectivity index (χ4v) is 1.50. The molecule has 0 unspecified atom stereocenters. The predicted molar refractivity (Wildman–Crippen MR) is 55.5 cm³/mol. The number of nitrogens with zero attached hydrogens (tertiary/aromatic N) is 1. The summed E-state index contributed by atoms with van der Waals surface area (Å²) in [6, 6.07) is 0.891. The molecule has 1 heterocycles. The predicted octanol–water partition coefficient (Wildman–Crippen LogP) is 3.72. The van der Waals surface area contributed by atoms with Gasteiger partial charge in [0.15, 0.2) is 0 Å². The number of halogens is 4. The Morgan fingerprint density at radius 3 is 2.50 bits per heavy atom. The Hall–Kier alpha value is -0.970. The van der Waals surface area contributed by atoms with Crippen molar-refractivity contribution in [3.63, 3.8) is 0 Å². The molecule has 16 heavy (non-hydrogen) atoms. The van der Waals surface area contributed by atoms with Gasteiger partial charge >= 0.3 is 6.18 Å². The molecule has 0 atom stereocenters. The lowest BCUT2D eigenvalue weighted by Gasteiger charge is -2.14. The molecule has 0 amide bonds. The number of anilines is 1. The zero-order valence-corrected chi connectivity index (χ0v) is 9.28. The molecule has 0 aliphatic heterocycles. The lowest BCUT2D eigenvalue weighted by atomic mass is 10.2. The quantitative estimate of drug-likeness (QED) is 0.865. The lowest BCUT2D eigenvalue weighted by molar-refractivity contribution is -0.137. The van der Waals surface area contributed by atoms with Crippen LogP contribution in [0.2, 0.25) is 5.02 Å². The summed E-state index contributed by atoms with van der Waals surface area (Å²) in [5.41, 5.74) is -0.889. The summed E-state index contributed by atoms with van der Waals surface area (Å²) in [6.07, 6.45) is -1.66. The fourth-order valence-electron chi connectivity index (χ4n) is 1.28. The molecule has 1 aromatic heterocycles. The maximum absolute atomic E-state index is 12.3. The largest absolute Gasteiger partial charge is 0.417 e. The first-order chi connectivity index (χ1) is 7.30. The standard InChI is InChI=1S/C10H10ClF3N2/c1-9(2-3-9)16-8-7(11)4-6(5-15-8)10(12,13)14/h4-5H,2-3H2,1H3,(H,15,16). The molecule has 1 saturated carbocycles. The topological polar surface area (TPSA) is 24.9 Å². The van der Waals surface area contributed by atoms with Crippen molar-refractivity contribution in [1.82, 2.24) is 4.98 Å². The first kappa shape index (κ1) is 11.5. The molecule has 0 saturated heterocycles. The number of rotatable bonds is 2. The van der Waals surface area contributed by atoms with Crippen LogP contribution in [0.4, 0.5) is 19.0 Å². The molecule has 1 aliphatic rings. The molecule has 2 nitrogen and oxygen atoms in total. The van der Waals surface area contributed by atoms with Gasteiger partial charge in [0.1, 0.15) is 5.82 Å². The van der Waals surface area contributed by atoms with Gasteiger partial charge in [-0.15, -0.1) is 0 Å². The van der Waals surface area contributed by atoms with E-state index in [1.807, 2.05) is 6.92 Å². The zero-order valence-electron chi connectivity index (χ0n) is 8.53. The third-order valence-electron chi connectivity index (χ3n) is 2.59. The molecule has 0 spiro atoms. The van der Waals surface area contributed by atoms with Crippen LogP contribution in [0.15, 0.2) is 12.3 Å². The van der Waals surface area contributed by atoms with Crippen LogP contribution >= 0.6 is 11.6 Å². The monoisotopic (exact) mass is 250 g/mol. The van der Waals surface area contributed by atoms with Gasteiger partial charge in [0.05, 0.1) is 10.6 Å². The van der Waals surface area contributed by atoms with Crippen LogP contribution in [-0.4, -0.2) is 10.5 Å². The smallest absolute Gasteiger partial charge is 0.364 e. The van der Waals surface area contributed by atoms with Crippen LogP contribution in [0.25, 0.3) is 0 Å². The fraction of sp³-hybridized carbons (Fsp3) is 0.500. The molecule has 1 aliphatic carbocycles. The summed E-state index contributed by atoms with van der Waals surface area (Å²) < 4.78 is 37.0. The Kier molecular flexibility index (Phi) is 2.53. The van der Waals surface area contributed by atoms with Gasteiger partial charge in [-0.25, -0.2) is 4.98 Å². The molecular formula is C10H10ClF3N2. The van der Waals surface area contributed by atoms with Crippen molar-refractivity contribution in [3.05, 3.63) is 22.8 Å². The van der Waals surface area contributed by atoms with Crippen LogP contribution in [-0.2, 0) is 6.18 Å². The van der Waals surface area contributed by atoms with Crippen molar-refractivity contribution in [1.29, 1.82) is 0 Å². The van der Waals surface area contributed by atoms with E-state index in [4.69, 9.17) is 11.6 Å². The average Bonchev–Trinajstić information content (AvgIpc) is 2.86. The highest BCUT2D eigenvalue weighted by Gasteiger charge is 2.38. The van der Waals surface area contributed by atoms with Crippen LogP contribution in [0.1, 0.15) is 25.3 Å². The van der Waals surface area contributed by atoms with Crippen molar-refractivity contribution >= 4 is 17.4 Å². The van der Waals surface area contributed by atoms with Crippen LogP contribution < -0.4 is 5.32 Å². The van der Waals surface area contributed by atoms with Crippen LogP contribution in [0.3, 0.4) is 0 Å². The second kappa shape index (κ2) is 3.52. The molecule has 1 N–H and O–H groups in total. The third-order valence-corrected chi connectivity index (χ3v) is 2.88. The first-order valence-electron chi connectivity index (χ1n) is 4.81. The maximum atomic E-state index is 12.3. The molecule has 2 rings (SSSR count). The number of aromatic nitrogens is 1. The zero-order chi connectivity index (χ0) is 12.0. The second-order valence-electron chi connectivity index (χ2n) is 4.24. The van der Waals surface area contributed by atoms with Gasteiger partial charge in [0.25, 0.3) is 0 Å². The van der Waals surface area contributed by atoms with Crippen molar-refractivity contribution < 1.29 is 13.2 Å². The summed E-state index contributed by atoms with van der Waals surface area (Å²) in [5, 5.41) is 3.03. The van der Waals surface area contributed by atoms with Gasteiger partial charge in [-0.2, -0.15) is 13.2 Å². The van der Waals surface area contributed by atoms with Gasteiger partial charge in [-0.3, -0.25) is 0 Å². The highest BCUT2D eigenvalue weighted by Crippen LogP contribution is 2.40. The van der Waals surface area contributed by atoms with Crippen molar-refractivity contribution in [3.8, 4) is 0 Å². The minimum Gasteiger partial charge on any atom is -0.364 e. The summed E-state index contributed by atoms with van der Waals surface area (Å²) in [5.74, 6) is 0.315.